The molecule has 2 atom stereocenters. The molecule has 29 heavy (non-hydrogen) atoms. The molecule has 0 spiro atoms. The molecule has 1 aliphatic carbocycles. The molecule has 3 N–H and O–H groups in total. The standard InChI is InChI=1S/C21H23N5O3/c1-15(27)24-18-4-2-3-9-21(18,20(23)29)26-12-10-25(11-13-26)19(28)17-7-5-16(14-22)6-8-17/h2-9,18H,10-13H2,1H3,(H2,23,29)(H,24,27). The number of hydrogen-bond acceptors (Lipinski definition) is 5. The van der Waals surface area contributed by atoms with Gasteiger partial charge in [-0.15, -0.1) is 0 Å². The van der Waals surface area contributed by atoms with Gasteiger partial charge in [0.25, 0.3) is 5.91 Å². The molecule has 2 unspecified atom stereocenters. The minimum absolute atomic E-state index is 0.125. The summed E-state index contributed by atoms with van der Waals surface area (Å²) in [5.41, 5.74) is 5.62. The van der Waals surface area contributed by atoms with Gasteiger partial charge < -0.3 is 16.0 Å². The number of nitrogens with two attached hydrogens (primary N) is 1. The minimum atomic E-state index is -1.18. The van der Waals surface area contributed by atoms with Gasteiger partial charge in [-0.05, 0) is 24.3 Å². The Morgan fingerprint density at radius 2 is 1.79 bits per heavy atom. The molecular weight excluding hydrogens is 370 g/mol. The summed E-state index contributed by atoms with van der Waals surface area (Å²) in [5, 5.41) is 11.7. The number of nitriles is 1. The third kappa shape index (κ3) is 3.91. The fourth-order valence-corrected chi connectivity index (χ4v) is 3.85. The first-order chi connectivity index (χ1) is 13.9. The summed E-state index contributed by atoms with van der Waals surface area (Å²) in [6.45, 7) is 3.08. The fraction of sp³-hybridized carbons (Fsp3) is 0.333. The molecule has 0 saturated carbocycles. The van der Waals surface area contributed by atoms with E-state index >= 15 is 0 Å². The van der Waals surface area contributed by atoms with Crippen molar-refractivity contribution < 1.29 is 14.4 Å². The first-order valence-corrected chi connectivity index (χ1v) is 9.36. The second-order valence-corrected chi connectivity index (χ2v) is 7.08. The number of amides is 3. The van der Waals surface area contributed by atoms with Crippen LogP contribution in [0.2, 0.25) is 0 Å². The molecule has 150 valence electrons. The predicted molar refractivity (Wildman–Crippen MR) is 106 cm³/mol. The Balaban J connectivity index is 1.75. The van der Waals surface area contributed by atoms with E-state index in [-0.39, 0.29) is 11.8 Å². The van der Waals surface area contributed by atoms with E-state index in [0.717, 1.165) is 0 Å². The zero-order valence-corrected chi connectivity index (χ0v) is 16.2. The highest BCUT2D eigenvalue weighted by atomic mass is 16.2. The van der Waals surface area contributed by atoms with Gasteiger partial charge in [-0.1, -0.05) is 24.3 Å². The van der Waals surface area contributed by atoms with Crippen LogP contribution in [0.3, 0.4) is 0 Å². The third-order valence-electron chi connectivity index (χ3n) is 5.34. The molecule has 3 rings (SSSR count). The Labute approximate surface area is 169 Å². The maximum Gasteiger partial charge on any atom is 0.253 e. The maximum atomic E-state index is 12.8. The summed E-state index contributed by atoms with van der Waals surface area (Å²) in [4.78, 5) is 40.5. The number of allylic oxidation sites excluding steroid dienone is 2. The normalized spacial score (nSPS) is 24.0. The first-order valence-electron chi connectivity index (χ1n) is 9.36. The topological polar surface area (TPSA) is 120 Å². The van der Waals surface area contributed by atoms with E-state index in [0.29, 0.717) is 37.3 Å². The lowest BCUT2D eigenvalue weighted by molar-refractivity contribution is -0.130. The van der Waals surface area contributed by atoms with E-state index in [2.05, 4.69) is 5.32 Å². The number of primary amides is 1. The zero-order valence-electron chi connectivity index (χ0n) is 16.2. The molecule has 0 aromatic heterocycles. The number of nitrogens with one attached hydrogen (secondary N) is 1. The minimum Gasteiger partial charge on any atom is -0.368 e. The van der Waals surface area contributed by atoms with Crippen LogP contribution in [0.25, 0.3) is 0 Å². The molecule has 8 heteroatoms. The van der Waals surface area contributed by atoms with E-state index in [4.69, 9.17) is 11.0 Å². The van der Waals surface area contributed by atoms with Crippen LogP contribution >= 0.6 is 0 Å². The van der Waals surface area contributed by atoms with Crippen molar-refractivity contribution in [2.45, 2.75) is 18.5 Å². The molecule has 1 aromatic carbocycles. The lowest BCUT2D eigenvalue weighted by atomic mass is 9.82. The van der Waals surface area contributed by atoms with Crippen LogP contribution in [0.5, 0.6) is 0 Å². The van der Waals surface area contributed by atoms with E-state index < -0.39 is 17.5 Å². The van der Waals surface area contributed by atoms with Gasteiger partial charge in [0.2, 0.25) is 11.8 Å². The van der Waals surface area contributed by atoms with Gasteiger partial charge in [-0.25, -0.2) is 0 Å². The Hall–Kier alpha value is -3.44. The first kappa shape index (κ1) is 20.3. The Morgan fingerprint density at radius 3 is 2.34 bits per heavy atom. The lowest BCUT2D eigenvalue weighted by Gasteiger charge is -2.48. The molecule has 1 aliphatic heterocycles. The Bertz CT molecular complexity index is 907. The average Bonchev–Trinajstić information content (AvgIpc) is 2.73. The number of piperazine rings is 1. The smallest absolute Gasteiger partial charge is 0.253 e. The second-order valence-electron chi connectivity index (χ2n) is 7.08. The molecule has 2 aliphatic rings. The number of hydrogen-bond donors (Lipinski definition) is 2. The number of rotatable bonds is 4. The number of carbonyl (C=O) groups is 3. The van der Waals surface area contributed by atoms with Gasteiger partial charge in [0.15, 0.2) is 0 Å². The number of nitrogens with zero attached hydrogens (tertiary/aromatic N) is 3. The van der Waals surface area contributed by atoms with Crippen LogP contribution in [0.15, 0.2) is 48.6 Å². The molecular formula is C21H23N5O3. The highest BCUT2D eigenvalue weighted by Crippen LogP contribution is 2.28. The third-order valence-corrected chi connectivity index (χ3v) is 5.34. The number of carbonyl (C=O) groups excluding carboxylic acids is 3. The van der Waals surface area contributed by atoms with E-state index in [1.807, 2.05) is 11.0 Å². The number of benzene rings is 1. The van der Waals surface area contributed by atoms with Gasteiger partial charge in [-0.2, -0.15) is 5.26 Å². The van der Waals surface area contributed by atoms with Crippen molar-refractivity contribution >= 4 is 17.7 Å². The Morgan fingerprint density at radius 1 is 1.14 bits per heavy atom. The van der Waals surface area contributed by atoms with Crippen molar-refractivity contribution in [2.75, 3.05) is 26.2 Å². The SMILES string of the molecule is CC(=O)NC1C=CC=CC1(C(N)=O)N1CCN(C(=O)c2ccc(C#N)cc2)CC1. The van der Waals surface area contributed by atoms with Crippen LogP contribution in [0, 0.1) is 11.3 Å². The summed E-state index contributed by atoms with van der Waals surface area (Å²) in [5.74, 6) is -0.932. The summed E-state index contributed by atoms with van der Waals surface area (Å²) in [6.07, 6.45) is 6.98. The predicted octanol–water partition coefficient (Wildman–Crippen LogP) is 0.171. The van der Waals surface area contributed by atoms with Crippen LogP contribution in [0.1, 0.15) is 22.8 Å². The summed E-state index contributed by atoms with van der Waals surface area (Å²) >= 11 is 0. The van der Waals surface area contributed by atoms with E-state index in [1.165, 1.54) is 6.92 Å². The summed E-state index contributed by atoms with van der Waals surface area (Å²) < 4.78 is 0. The average molecular weight is 393 g/mol. The van der Waals surface area contributed by atoms with Gasteiger partial charge >= 0.3 is 0 Å². The van der Waals surface area contributed by atoms with Gasteiger partial charge in [0.05, 0.1) is 17.7 Å². The van der Waals surface area contributed by atoms with Gasteiger partial charge in [-0.3, -0.25) is 19.3 Å². The fourth-order valence-electron chi connectivity index (χ4n) is 3.85. The summed E-state index contributed by atoms with van der Waals surface area (Å²) in [7, 11) is 0. The zero-order chi connectivity index (χ0) is 21.0. The van der Waals surface area contributed by atoms with Crippen molar-refractivity contribution in [3.63, 3.8) is 0 Å². The molecule has 0 bridgehead atoms. The van der Waals surface area contributed by atoms with Gasteiger partial charge in [0, 0.05) is 38.7 Å². The van der Waals surface area contributed by atoms with Crippen LogP contribution in [-0.4, -0.2) is 65.3 Å². The van der Waals surface area contributed by atoms with Crippen molar-refractivity contribution in [1.82, 2.24) is 15.1 Å². The van der Waals surface area contributed by atoms with Crippen molar-refractivity contribution in [1.29, 1.82) is 5.26 Å². The molecule has 8 nitrogen and oxygen atoms in total. The lowest BCUT2D eigenvalue weighted by Crippen LogP contribution is -2.70. The molecule has 1 heterocycles. The monoisotopic (exact) mass is 393 g/mol. The van der Waals surface area contributed by atoms with Crippen LogP contribution in [-0.2, 0) is 9.59 Å². The summed E-state index contributed by atoms with van der Waals surface area (Å²) in [6, 6.07) is 7.95. The van der Waals surface area contributed by atoms with Crippen molar-refractivity contribution in [3.05, 3.63) is 59.7 Å². The van der Waals surface area contributed by atoms with Crippen LogP contribution < -0.4 is 11.1 Å². The van der Waals surface area contributed by atoms with Crippen LogP contribution in [0.4, 0.5) is 0 Å². The van der Waals surface area contributed by atoms with E-state index in [9.17, 15) is 14.4 Å². The van der Waals surface area contributed by atoms with Crippen molar-refractivity contribution in [3.8, 4) is 6.07 Å². The van der Waals surface area contributed by atoms with E-state index in [1.54, 1.807) is 53.5 Å². The second kappa shape index (κ2) is 8.29. The molecule has 1 fully saturated rings. The molecule has 0 radical (unpaired) electrons. The van der Waals surface area contributed by atoms with Gasteiger partial charge in [0.1, 0.15) is 5.54 Å². The molecule has 1 aromatic rings. The van der Waals surface area contributed by atoms with Crippen molar-refractivity contribution in [2.24, 2.45) is 5.73 Å². The highest BCUT2D eigenvalue weighted by molar-refractivity contribution is 5.94. The quantitative estimate of drug-likeness (QED) is 0.756. The largest absolute Gasteiger partial charge is 0.368 e. The molecule has 1 saturated heterocycles. The molecule has 3 amide bonds. The Kier molecular flexibility index (Phi) is 5.80. The maximum absolute atomic E-state index is 12.8. The highest BCUT2D eigenvalue weighted by Gasteiger charge is 2.48.